The molecule has 0 aromatic heterocycles. The van der Waals surface area contributed by atoms with Crippen molar-refractivity contribution in [3.05, 3.63) is 29.3 Å². The Morgan fingerprint density at radius 1 is 1.33 bits per heavy atom. The summed E-state index contributed by atoms with van der Waals surface area (Å²) in [5, 5.41) is 0. The van der Waals surface area contributed by atoms with Gasteiger partial charge < -0.3 is 4.90 Å². The molecule has 12 heavy (non-hydrogen) atoms. The Labute approximate surface area is 75.0 Å². The van der Waals surface area contributed by atoms with Gasteiger partial charge in [-0.25, -0.2) is 0 Å². The van der Waals surface area contributed by atoms with E-state index < -0.39 is 0 Å². The van der Waals surface area contributed by atoms with Gasteiger partial charge in [0, 0.05) is 19.3 Å². The molecule has 1 heteroatoms. The molecule has 0 spiro atoms. The van der Waals surface area contributed by atoms with Crippen LogP contribution in [0.2, 0.25) is 0 Å². The third kappa shape index (κ3) is 1.31. The molecule has 1 aliphatic heterocycles. The molecular weight excluding hydrogens is 146 g/mol. The number of nitrogens with zero attached hydrogens (tertiary/aromatic N) is 1. The number of benzene rings is 1. The summed E-state index contributed by atoms with van der Waals surface area (Å²) in [6.45, 7) is 3.33. The van der Waals surface area contributed by atoms with Crippen molar-refractivity contribution in [1.82, 2.24) is 0 Å². The lowest BCUT2D eigenvalue weighted by Gasteiger charge is -2.11. The standard InChI is InChI=1S/C10H13N.CH4/c1-8-3-4-10-9(7-8)5-6-11(10)2;/h3-4,7H,5-6H2,1-2H3;1H4. The quantitative estimate of drug-likeness (QED) is 0.568. The number of aryl methyl sites for hydroxylation is 1. The summed E-state index contributed by atoms with van der Waals surface area (Å²) < 4.78 is 0. The van der Waals surface area contributed by atoms with Gasteiger partial charge in [-0.05, 0) is 25.0 Å². The molecule has 1 aromatic carbocycles. The Hall–Kier alpha value is -0.980. The topological polar surface area (TPSA) is 3.24 Å². The third-order valence-electron chi connectivity index (χ3n) is 2.36. The minimum absolute atomic E-state index is 0. The Morgan fingerprint density at radius 2 is 2.08 bits per heavy atom. The number of fused-ring (bicyclic) bond motifs is 1. The van der Waals surface area contributed by atoms with Crippen LogP contribution in [0.1, 0.15) is 18.6 Å². The lowest BCUT2D eigenvalue weighted by Crippen LogP contribution is -2.12. The van der Waals surface area contributed by atoms with Crippen molar-refractivity contribution < 1.29 is 0 Å². The van der Waals surface area contributed by atoms with E-state index in [-0.39, 0.29) is 7.43 Å². The highest BCUT2D eigenvalue weighted by Crippen LogP contribution is 2.26. The van der Waals surface area contributed by atoms with Crippen molar-refractivity contribution in [1.29, 1.82) is 0 Å². The Balaban J connectivity index is 0.000000720. The molecule has 0 fully saturated rings. The summed E-state index contributed by atoms with van der Waals surface area (Å²) in [6, 6.07) is 6.69. The predicted molar refractivity (Wildman–Crippen MR) is 54.9 cm³/mol. The van der Waals surface area contributed by atoms with Crippen LogP contribution in [0.5, 0.6) is 0 Å². The van der Waals surface area contributed by atoms with Crippen LogP contribution in [-0.2, 0) is 6.42 Å². The maximum Gasteiger partial charge on any atom is 0.0397 e. The van der Waals surface area contributed by atoms with Crippen molar-refractivity contribution >= 4 is 5.69 Å². The van der Waals surface area contributed by atoms with Gasteiger partial charge in [-0.3, -0.25) is 0 Å². The molecule has 0 bridgehead atoms. The van der Waals surface area contributed by atoms with Gasteiger partial charge in [0.05, 0.1) is 0 Å². The summed E-state index contributed by atoms with van der Waals surface area (Å²) in [4.78, 5) is 2.31. The first-order valence-electron chi connectivity index (χ1n) is 4.08. The Morgan fingerprint density at radius 3 is 2.83 bits per heavy atom. The summed E-state index contributed by atoms with van der Waals surface area (Å²) in [5.41, 5.74) is 4.29. The van der Waals surface area contributed by atoms with E-state index in [2.05, 4.69) is 37.1 Å². The fraction of sp³-hybridized carbons (Fsp3) is 0.455. The van der Waals surface area contributed by atoms with E-state index in [1.807, 2.05) is 0 Å². The number of rotatable bonds is 0. The van der Waals surface area contributed by atoms with Gasteiger partial charge >= 0.3 is 0 Å². The highest BCUT2D eigenvalue weighted by Gasteiger charge is 2.14. The number of hydrogen-bond donors (Lipinski definition) is 0. The Kier molecular flexibility index (Phi) is 2.41. The highest BCUT2D eigenvalue weighted by molar-refractivity contribution is 5.58. The zero-order valence-corrected chi connectivity index (χ0v) is 7.09. The Bertz CT molecular complexity index is 278. The normalized spacial score (nSPS) is 14.0. The number of hydrogen-bond acceptors (Lipinski definition) is 1. The SMILES string of the molecule is C.Cc1ccc2c(c1)CCN2C. The first kappa shape index (κ1) is 9.11. The van der Waals surface area contributed by atoms with E-state index in [9.17, 15) is 0 Å². The predicted octanol–water partition coefficient (Wildman–Crippen LogP) is 2.62. The first-order chi connectivity index (χ1) is 5.27. The molecule has 0 saturated heterocycles. The smallest absolute Gasteiger partial charge is 0.0397 e. The third-order valence-corrected chi connectivity index (χ3v) is 2.36. The second-order valence-corrected chi connectivity index (χ2v) is 3.30. The van der Waals surface area contributed by atoms with E-state index in [4.69, 9.17) is 0 Å². The van der Waals surface area contributed by atoms with Crippen LogP contribution >= 0.6 is 0 Å². The maximum absolute atomic E-state index is 2.31. The molecule has 0 radical (unpaired) electrons. The highest BCUT2D eigenvalue weighted by atomic mass is 15.1. The van der Waals surface area contributed by atoms with E-state index in [1.165, 1.54) is 29.8 Å². The van der Waals surface area contributed by atoms with Gasteiger partial charge in [-0.15, -0.1) is 0 Å². The van der Waals surface area contributed by atoms with E-state index in [0.717, 1.165) is 0 Å². The van der Waals surface area contributed by atoms with Gasteiger partial charge in [0.15, 0.2) is 0 Å². The fourth-order valence-electron chi connectivity index (χ4n) is 1.70. The summed E-state index contributed by atoms with van der Waals surface area (Å²) >= 11 is 0. The fourth-order valence-corrected chi connectivity index (χ4v) is 1.70. The van der Waals surface area contributed by atoms with Crippen LogP contribution in [0.15, 0.2) is 18.2 Å². The zero-order valence-electron chi connectivity index (χ0n) is 7.09. The second kappa shape index (κ2) is 3.18. The van der Waals surface area contributed by atoms with Crippen molar-refractivity contribution in [3.8, 4) is 0 Å². The second-order valence-electron chi connectivity index (χ2n) is 3.30. The molecule has 0 N–H and O–H groups in total. The average molecular weight is 163 g/mol. The summed E-state index contributed by atoms with van der Waals surface area (Å²) in [5.74, 6) is 0. The molecule has 0 aliphatic carbocycles. The molecule has 1 nitrogen and oxygen atoms in total. The molecule has 0 amide bonds. The van der Waals surface area contributed by atoms with Crippen LogP contribution in [0.4, 0.5) is 5.69 Å². The lowest BCUT2D eigenvalue weighted by atomic mass is 10.1. The maximum atomic E-state index is 2.31. The van der Waals surface area contributed by atoms with Crippen molar-refractivity contribution in [2.45, 2.75) is 20.8 Å². The van der Waals surface area contributed by atoms with Gasteiger partial charge in [0.2, 0.25) is 0 Å². The largest absolute Gasteiger partial charge is 0.374 e. The molecule has 1 aliphatic rings. The van der Waals surface area contributed by atoms with Crippen LogP contribution in [-0.4, -0.2) is 13.6 Å². The van der Waals surface area contributed by atoms with Crippen molar-refractivity contribution in [2.24, 2.45) is 0 Å². The summed E-state index contributed by atoms with van der Waals surface area (Å²) in [7, 11) is 2.15. The van der Waals surface area contributed by atoms with Crippen LogP contribution in [0, 0.1) is 6.92 Å². The molecule has 0 saturated carbocycles. The number of likely N-dealkylation sites (N-methyl/N-ethyl adjacent to an activating group) is 1. The van der Waals surface area contributed by atoms with E-state index >= 15 is 0 Å². The molecule has 66 valence electrons. The van der Waals surface area contributed by atoms with E-state index in [0.29, 0.717) is 0 Å². The zero-order chi connectivity index (χ0) is 7.84. The van der Waals surface area contributed by atoms with Gasteiger partial charge in [0.25, 0.3) is 0 Å². The van der Waals surface area contributed by atoms with E-state index in [1.54, 1.807) is 0 Å². The van der Waals surface area contributed by atoms with Gasteiger partial charge in [0.1, 0.15) is 0 Å². The summed E-state index contributed by atoms with van der Waals surface area (Å²) in [6.07, 6.45) is 1.22. The minimum Gasteiger partial charge on any atom is -0.374 e. The molecular formula is C11H17N. The van der Waals surface area contributed by atoms with Crippen LogP contribution < -0.4 is 4.90 Å². The monoisotopic (exact) mass is 163 g/mol. The van der Waals surface area contributed by atoms with Crippen LogP contribution in [0.3, 0.4) is 0 Å². The van der Waals surface area contributed by atoms with Gasteiger partial charge in [-0.2, -0.15) is 0 Å². The van der Waals surface area contributed by atoms with Gasteiger partial charge in [-0.1, -0.05) is 25.1 Å². The van der Waals surface area contributed by atoms with Crippen LogP contribution in [0.25, 0.3) is 0 Å². The average Bonchev–Trinajstić information content (AvgIpc) is 2.32. The minimum atomic E-state index is 0. The molecule has 1 heterocycles. The number of anilines is 1. The first-order valence-corrected chi connectivity index (χ1v) is 4.08. The van der Waals surface area contributed by atoms with Crippen molar-refractivity contribution in [3.63, 3.8) is 0 Å². The van der Waals surface area contributed by atoms with Crippen molar-refractivity contribution in [2.75, 3.05) is 18.5 Å². The molecule has 0 atom stereocenters. The molecule has 1 aromatic rings. The lowest BCUT2D eigenvalue weighted by molar-refractivity contribution is 0.956. The molecule has 2 rings (SSSR count). The molecule has 0 unspecified atom stereocenters.